The van der Waals surface area contributed by atoms with E-state index >= 15 is 0 Å². The Balaban J connectivity index is 1.56. The van der Waals surface area contributed by atoms with Crippen LogP contribution < -0.4 is 10.6 Å². The summed E-state index contributed by atoms with van der Waals surface area (Å²) in [6.07, 6.45) is 1.60. The molecule has 2 aromatic heterocycles. The number of hydrogen-bond acceptors (Lipinski definition) is 8. The van der Waals surface area contributed by atoms with Gasteiger partial charge >= 0.3 is 0 Å². The van der Waals surface area contributed by atoms with Gasteiger partial charge in [0.25, 0.3) is 0 Å². The first kappa shape index (κ1) is 21.6. The zero-order valence-corrected chi connectivity index (χ0v) is 19.0. The number of thioether (sulfide) groups is 2. The summed E-state index contributed by atoms with van der Waals surface area (Å²) >= 11 is 4.25. The lowest BCUT2D eigenvalue weighted by Crippen LogP contribution is -2.41. The van der Waals surface area contributed by atoms with Gasteiger partial charge in [-0.1, -0.05) is 23.5 Å². The number of benzene rings is 1. The molecule has 0 fully saturated rings. The molecule has 0 unspecified atom stereocenters. The number of thiazole rings is 1. The van der Waals surface area contributed by atoms with Crippen LogP contribution in [0.2, 0.25) is 0 Å². The van der Waals surface area contributed by atoms with Crippen molar-refractivity contribution in [1.82, 2.24) is 25.1 Å². The van der Waals surface area contributed by atoms with Gasteiger partial charge in [0.2, 0.25) is 11.8 Å². The molecule has 0 saturated heterocycles. The normalized spacial score (nSPS) is 11.6. The molecule has 0 bridgehead atoms. The van der Waals surface area contributed by atoms with E-state index in [-0.39, 0.29) is 23.1 Å². The minimum absolute atomic E-state index is 0.0184. The molecule has 0 aliphatic heterocycles. The molecule has 2 N–H and O–H groups in total. The van der Waals surface area contributed by atoms with E-state index in [1.807, 2.05) is 46.0 Å². The van der Waals surface area contributed by atoms with Crippen LogP contribution in [-0.2, 0) is 16.6 Å². The topological polar surface area (TPSA) is 102 Å². The minimum atomic E-state index is -0.247. The Morgan fingerprint density at radius 3 is 2.62 bits per heavy atom. The highest BCUT2D eigenvalue weighted by molar-refractivity contribution is 8.01. The molecule has 1 aromatic carbocycles. The van der Waals surface area contributed by atoms with Gasteiger partial charge in [-0.05, 0) is 39.0 Å². The third-order valence-electron chi connectivity index (χ3n) is 3.50. The van der Waals surface area contributed by atoms with Gasteiger partial charge in [-0.15, -0.1) is 21.5 Å². The average Bonchev–Trinajstić information content (AvgIpc) is 3.22. The number of aromatic nitrogens is 4. The van der Waals surface area contributed by atoms with Gasteiger partial charge < -0.3 is 15.2 Å². The molecule has 29 heavy (non-hydrogen) atoms. The number of aryl methyl sites for hydroxylation is 1. The van der Waals surface area contributed by atoms with E-state index in [1.54, 1.807) is 10.9 Å². The predicted molar refractivity (Wildman–Crippen MR) is 119 cm³/mol. The molecule has 0 atom stereocenters. The Hall–Kier alpha value is -2.11. The molecule has 0 aliphatic carbocycles. The van der Waals surface area contributed by atoms with Crippen molar-refractivity contribution in [2.45, 2.75) is 35.8 Å². The van der Waals surface area contributed by atoms with Crippen molar-refractivity contribution in [3.63, 3.8) is 0 Å². The van der Waals surface area contributed by atoms with Crippen LogP contribution in [0.4, 0.5) is 5.69 Å². The molecule has 0 spiro atoms. The Bertz CT molecular complexity index is 1020. The lowest BCUT2D eigenvalue weighted by Gasteiger charge is -2.19. The second-order valence-corrected chi connectivity index (χ2v) is 10.5. The van der Waals surface area contributed by atoms with Gasteiger partial charge in [-0.25, -0.2) is 4.98 Å². The molecule has 2 heterocycles. The summed E-state index contributed by atoms with van der Waals surface area (Å²) in [5.74, 6) is 0.433. The van der Waals surface area contributed by atoms with Crippen LogP contribution in [0, 0.1) is 0 Å². The summed E-state index contributed by atoms with van der Waals surface area (Å²) in [5.41, 5.74) is 1.32. The largest absolute Gasteiger partial charge is 0.351 e. The maximum absolute atomic E-state index is 12.2. The molecular formula is C18H22N6O2S3. The van der Waals surface area contributed by atoms with Crippen molar-refractivity contribution >= 4 is 62.6 Å². The zero-order chi connectivity index (χ0) is 21.0. The highest BCUT2D eigenvalue weighted by Crippen LogP contribution is 2.31. The summed E-state index contributed by atoms with van der Waals surface area (Å²) in [4.78, 5) is 28.7. The Morgan fingerprint density at radius 2 is 1.93 bits per heavy atom. The van der Waals surface area contributed by atoms with Crippen LogP contribution >= 0.6 is 34.9 Å². The summed E-state index contributed by atoms with van der Waals surface area (Å²) in [7, 11) is 1.83. The standard InChI is InChI=1S/C18H22N6O2S3/c1-18(2,3)22-15(26)9-28-17-21-12-6-5-11(7-13(12)29-17)20-14(25)8-27-16-23-19-10-24(16)4/h5-7,10H,8-9H2,1-4H3,(H,20,25)(H,22,26). The van der Waals surface area contributed by atoms with Crippen LogP contribution in [0.3, 0.4) is 0 Å². The van der Waals surface area contributed by atoms with Crippen LogP contribution in [0.25, 0.3) is 10.2 Å². The molecule has 0 radical (unpaired) electrons. The summed E-state index contributed by atoms with van der Waals surface area (Å²) < 4.78 is 3.55. The van der Waals surface area contributed by atoms with Crippen LogP contribution in [0.15, 0.2) is 34.0 Å². The average molecular weight is 451 g/mol. The number of amides is 2. The van der Waals surface area contributed by atoms with Crippen molar-refractivity contribution in [1.29, 1.82) is 0 Å². The number of carbonyl (C=O) groups excluding carboxylic acids is 2. The van der Waals surface area contributed by atoms with E-state index in [9.17, 15) is 9.59 Å². The monoisotopic (exact) mass is 450 g/mol. The van der Waals surface area contributed by atoms with Crippen molar-refractivity contribution < 1.29 is 9.59 Å². The fraction of sp³-hybridized carbons (Fsp3) is 0.389. The van der Waals surface area contributed by atoms with Gasteiger partial charge in [0.15, 0.2) is 9.50 Å². The van der Waals surface area contributed by atoms with E-state index in [2.05, 4.69) is 25.8 Å². The molecule has 3 rings (SSSR count). The van der Waals surface area contributed by atoms with Crippen molar-refractivity contribution in [3.05, 3.63) is 24.5 Å². The van der Waals surface area contributed by atoms with Gasteiger partial charge in [0, 0.05) is 18.3 Å². The first-order chi connectivity index (χ1) is 13.7. The second kappa shape index (κ2) is 9.14. The van der Waals surface area contributed by atoms with E-state index in [1.165, 1.54) is 34.9 Å². The lowest BCUT2D eigenvalue weighted by atomic mass is 10.1. The summed E-state index contributed by atoms with van der Waals surface area (Å²) in [5, 5.41) is 14.3. The quantitative estimate of drug-likeness (QED) is 0.533. The van der Waals surface area contributed by atoms with Crippen LogP contribution in [0.1, 0.15) is 20.8 Å². The third-order valence-corrected chi connectivity index (χ3v) is 6.69. The molecular weight excluding hydrogens is 428 g/mol. The van der Waals surface area contributed by atoms with Crippen molar-refractivity contribution in [2.75, 3.05) is 16.8 Å². The molecule has 0 saturated carbocycles. The molecule has 3 aromatic rings. The first-order valence-corrected chi connectivity index (χ1v) is 11.6. The van der Waals surface area contributed by atoms with E-state index in [0.717, 1.165) is 14.6 Å². The fourth-order valence-electron chi connectivity index (χ4n) is 2.36. The summed E-state index contributed by atoms with van der Waals surface area (Å²) in [6.45, 7) is 5.86. The number of anilines is 1. The maximum Gasteiger partial charge on any atom is 0.234 e. The number of fused-ring (bicyclic) bond motifs is 1. The Morgan fingerprint density at radius 1 is 1.17 bits per heavy atom. The smallest absolute Gasteiger partial charge is 0.234 e. The predicted octanol–water partition coefficient (Wildman–Crippen LogP) is 3.16. The van der Waals surface area contributed by atoms with Gasteiger partial charge in [0.05, 0.1) is 21.7 Å². The number of nitrogens with zero attached hydrogens (tertiary/aromatic N) is 4. The van der Waals surface area contributed by atoms with Gasteiger partial charge in [0.1, 0.15) is 6.33 Å². The third kappa shape index (κ3) is 6.44. The minimum Gasteiger partial charge on any atom is -0.351 e. The van der Waals surface area contributed by atoms with Crippen molar-refractivity contribution in [3.8, 4) is 0 Å². The zero-order valence-electron chi connectivity index (χ0n) is 16.6. The Kier molecular flexibility index (Phi) is 6.81. The van der Waals surface area contributed by atoms with Crippen LogP contribution in [0.5, 0.6) is 0 Å². The maximum atomic E-state index is 12.2. The van der Waals surface area contributed by atoms with Crippen molar-refractivity contribution in [2.24, 2.45) is 7.05 Å². The lowest BCUT2D eigenvalue weighted by molar-refractivity contribution is -0.120. The number of hydrogen-bond donors (Lipinski definition) is 2. The van der Waals surface area contributed by atoms with Crippen LogP contribution in [-0.4, -0.2) is 48.6 Å². The molecule has 2 amide bonds. The SMILES string of the molecule is Cn1cnnc1SCC(=O)Nc1ccc2nc(SCC(=O)NC(C)(C)C)sc2c1. The van der Waals surface area contributed by atoms with Gasteiger partial charge in [-0.2, -0.15) is 0 Å². The van der Waals surface area contributed by atoms with E-state index in [0.29, 0.717) is 16.6 Å². The highest BCUT2D eigenvalue weighted by atomic mass is 32.2. The van der Waals surface area contributed by atoms with E-state index < -0.39 is 0 Å². The van der Waals surface area contributed by atoms with E-state index in [4.69, 9.17) is 0 Å². The highest BCUT2D eigenvalue weighted by Gasteiger charge is 2.15. The molecule has 8 nitrogen and oxygen atoms in total. The first-order valence-electron chi connectivity index (χ1n) is 8.81. The second-order valence-electron chi connectivity index (χ2n) is 7.31. The number of rotatable bonds is 7. The summed E-state index contributed by atoms with van der Waals surface area (Å²) in [6, 6.07) is 5.60. The Labute approximate surface area is 181 Å². The molecule has 11 heteroatoms. The fourth-order valence-corrected chi connectivity index (χ4v) is 4.95. The van der Waals surface area contributed by atoms with Gasteiger partial charge in [-0.3, -0.25) is 9.59 Å². The number of carbonyl (C=O) groups is 2. The number of nitrogens with one attached hydrogen (secondary N) is 2. The molecule has 0 aliphatic rings. The molecule has 154 valence electrons.